The molecule has 6 heteroatoms. The van der Waals surface area contributed by atoms with Crippen LogP contribution in [0, 0.1) is 5.92 Å². The second kappa shape index (κ2) is 7.68. The highest BCUT2D eigenvalue weighted by atomic mass is 16.5. The Morgan fingerprint density at radius 3 is 2.45 bits per heavy atom. The number of hydrogen-bond acceptors (Lipinski definition) is 3. The summed E-state index contributed by atoms with van der Waals surface area (Å²) in [6.45, 7) is 3.37. The van der Waals surface area contributed by atoms with Crippen molar-refractivity contribution in [1.82, 2.24) is 16.0 Å². The van der Waals surface area contributed by atoms with Crippen molar-refractivity contribution < 1.29 is 9.53 Å². The molecule has 0 aromatic heterocycles. The van der Waals surface area contributed by atoms with Gasteiger partial charge in [-0.2, -0.15) is 0 Å². The number of rotatable bonds is 6. The van der Waals surface area contributed by atoms with Crippen LogP contribution < -0.4 is 20.7 Å². The summed E-state index contributed by atoms with van der Waals surface area (Å²) in [5, 5.41) is 9.39. The third-order valence-electron chi connectivity index (χ3n) is 3.71. The van der Waals surface area contributed by atoms with Gasteiger partial charge in [0.05, 0.1) is 7.11 Å². The van der Waals surface area contributed by atoms with Gasteiger partial charge in [0.1, 0.15) is 5.75 Å². The molecule has 2 unspecified atom stereocenters. The molecule has 0 heterocycles. The Hall–Kier alpha value is -2.24. The lowest BCUT2D eigenvalue weighted by atomic mass is 10.2. The van der Waals surface area contributed by atoms with E-state index in [9.17, 15) is 4.79 Å². The monoisotopic (exact) mass is 304 g/mol. The van der Waals surface area contributed by atoms with E-state index in [2.05, 4.69) is 27.9 Å². The quantitative estimate of drug-likeness (QED) is 0.416. The lowest BCUT2D eigenvalue weighted by Crippen LogP contribution is -2.42. The van der Waals surface area contributed by atoms with Crippen LogP contribution >= 0.6 is 0 Å². The number of benzene rings is 1. The zero-order valence-corrected chi connectivity index (χ0v) is 13.3. The molecule has 1 amide bonds. The summed E-state index contributed by atoms with van der Waals surface area (Å²) in [4.78, 5) is 16.1. The highest BCUT2D eigenvalue weighted by Gasteiger charge is 2.33. The standard InChI is InChI=1S/C16H24N4O2/c1-11-10-14(11)20-16(17-2)19-9-8-18-15(21)12-4-6-13(22-3)7-5-12/h4-7,11,14H,8-10H2,1-3H3,(H,18,21)(H2,17,19,20). The van der Waals surface area contributed by atoms with Crippen LogP contribution in [-0.4, -0.2) is 45.2 Å². The number of nitrogens with zero attached hydrogens (tertiary/aromatic N) is 1. The van der Waals surface area contributed by atoms with Gasteiger partial charge in [-0.1, -0.05) is 6.92 Å². The molecule has 1 aromatic carbocycles. The van der Waals surface area contributed by atoms with Crippen LogP contribution in [0.1, 0.15) is 23.7 Å². The first kappa shape index (κ1) is 16.1. The molecule has 1 saturated carbocycles. The lowest BCUT2D eigenvalue weighted by Gasteiger charge is -2.12. The second-order valence-corrected chi connectivity index (χ2v) is 5.45. The Bertz CT molecular complexity index is 527. The minimum Gasteiger partial charge on any atom is -0.497 e. The molecule has 0 bridgehead atoms. The molecule has 2 rings (SSSR count). The van der Waals surface area contributed by atoms with Gasteiger partial charge in [0.2, 0.25) is 0 Å². The number of ether oxygens (including phenoxy) is 1. The van der Waals surface area contributed by atoms with Crippen molar-refractivity contribution in [2.45, 2.75) is 19.4 Å². The number of carbonyl (C=O) groups is 1. The van der Waals surface area contributed by atoms with Crippen molar-refractivity contribution in [1.29, 1.82) is 0 Å². The molecule has 1 fully saturated rings. The lowest BCUT2D eigenvalue weighted by molar-refractivity contribution is 0.0954. The average Bonchev–Trinajstić information content (AvgIpc) is 3.25. The van der Waals surface area contributed by atoms with E-state index < -0.39 is 0 Å². The van der Waals surface area contributed by atoms with Crippen molar-refractivity contribution in [3.8, 4) is 5.75 Å². The molecular weight excluding hydrogens is 280 g/mol. The number of amides is 1. The normalized spacial score (nSPS) is 20.2. The third kappa shape index (κ3) is 4.65. The minimum absolute atomic E-state index is 0.0942. The fourth-order valence-corrected chi connectivity index (χ4v) is 2.09. The Labute approximate surface area is 131 Å². The maximum Gasteiger partial charge on any atom is 0.251 e. The van der Waals surface area contributed by atoms with Gasteiger partial charge < -0.3 is 20.7 Å². The first-order chi connectivity index (χ1) is 10.6. The summed E-state index contributed by atoms with van der Waals surface area (Å²) in [5.41, 5.74) is 0.620. The van der Waals surface area contributed by atoms with Crippen molar-refractivity contribution in [3.05, 3.63) is 29.8 Å². The van der Waals surface area contributed by atoms with Crippen molar-refractivity contribution in [2.24, 2.45) is 10.9 Å². The van der Waals surface area contributed by atoms with Crippen molar-refractivity contribution in [2.75, 3.05) is 27.2 Å². The summed E-state index contributed by atoms with van der Waals surface area (Å²) < 4.78 is 5.07. The fraction of sp³-hybridized carbons (Fsp3) is 0.500. The molecule has 0 radical (unpaired) electrons. The van der Waals surface area contributed by atoms with Crippen LogP contribution in [-0.2, 0) is 0 Å². The topological polar surface area (TPSA) is 74.8 Å². The number of guanidine groups is 1. The largest absolute Gasteiger partial charge is 0.497 e. The molecule has 0 spiro atoms. The summed E-state index contributed by atoms with van der Waals surface area (Å²) in [6, 6.07) is 7.57. The van der Waals surface area contributed by atoms with Gasteiger partial charge in [0, 0.05) is 31.7 Å². The van der Waals surface area contributed by atoms with E-state index in [4.69, 9.17) is 4.74 Å². The Morgan fingerprint density at radius 2 is 1.91 bits per heavy atom. The molecule has 1 aliphatic carbocycles. The number of carbonyl (C=O) groups excluding carboxylic acids is 1. The highest BCUT2D eigenvalue weighted by Crippen LogP contribution is 2.28. The fourth-order valence-electron chi connectivity index (χ4n) is 2.09. The molecule has 1 aromatic rings. The van der Waals surface area contributed by atoms with E-state index in [1.807, 2.05) is 0 Å². The molecule has 1 aliphatic rings. The Balaban J connectivity index is 1.67. The first-order valence-corrected chi connectivity index (χ1v) is 7.53. The summed E-state index contributed by atoms with van der Waals surface area (Å²) in [6.07, 6.45) is 1.19. The minimum atomic E-state index is -0.0942. The van der Waals surface area contributed by atoms with E-state index in [1.54, 1.807) is 38.4 Å². The predicted octanol–water partition coefficient (Wildman–Crippen LogP) is 0.998. The van der Waals surface area contributed by atoms with E-state index in [0.29, 0.717) is 30.6 Å². The van der Waals surface area contributed by atoms with Gasteiger partial charge in [-0.3, -0.25) is 9.79 Å². The number of aliphatic imine (C=N–C) groups is 1. The van der Waals surface area contributed by atoms with Gasteiger partial charge in [-0.15, -0.1) is 0 Å². The molecular formula is C16H24N4O2. The maximum atomic E-state index is 12.0. The SMILES string of the molecule is CN=C(NCCNC(=O)c1ccc(OC)cc1)NC1CC1C. The Morgan fingerprint density at radius 1 is 1.27 bits per heavy atom. The predicted molar refractivity (Wildman–Crippen MR) is 87.4 cm³/mol. The number of nitrogens with one attached hydrogen (secondary N) is 3. The van der Waals surface area contributed by atoms with E-state index in [0.717, 1.165) is 11.7 Å². The van der Waals surface area contributed by atoms with Gasteiger partial charge in [-0.25, -0.2) is 0 Å². The van der Waals surface area contributed by atoms with Crippen LogP contribution in [0.5, 0.6) is 5.75 Å². The van der Waals surface area contributed by atoms with Gasteiger partial charge >= 0.3 is 0 Å². The van der Waals surface area contributed by atoms with E-state index in [-0.39, 0.29) is 5.91 Å². The molecule has 0 saturated heterocycles. The second-order valence-electron chi connectivity index (χ2n) is 5.45. The third-order valence-corrected chi connectivity index (χ3v) is 3.71. The molecule has 3 N–H and O–H groups in total. The smallest absolute Gasteiger partial charge is 0.251 e. The van der Waals surface area contributed by atoms with E-state index >= 15 is 0 Å². The van der Waals surface area contributed by atoms with Gasteiger partial charge in [0.25, 0.3) is 5.91 Å². The maximum absolute atomic E-state index is 12.0. The van der Waals surface area contributed by atoms with Gasteiger partial charge in [-0.05, 0) is 36.6 Å². The van der Waals surface area contributed by atoms with Crippen LogP contribution in [0.15, 0.2) is 29.3 Å². The molecule has 0 aliphatic heterocycles. The first-order valence-electron chi connectivity index (χ1n) is 7.53. The Kier molecular flexibility index (Phi) is 5.63. The van der Waals surface area contributed by atoms with Crippen LogP contribution in [0.25, 0.3) is 0 Å². The van der Waals surface area contributed by atoms with Crippen molar-refractivity contribution >= 4 is 11.9 Å². The number of hydrogen-bond donors (Lipinski definition) is 3. The molecule has 6 nitrogen and oxygen atoms in total. The molecule has 22 heavy (non-hydrogen) atoms. The van der Waals surface area contributed by atoms with Gasteiger partial charge in [0.15, 0.2) is 5.96 Å². The zero-order valence-electron chi connectivity index (χ0n) is 13.3. The zero-order chi connectivity index (χ0) is 15.9. The highest BCUT2D eigenvalue weighted by molar-refractivity contribution is 5.94. The van der Waals surface area contributed by atoms with Crippen LogP contribution in [0.3, 0.4) is 0 Å². The van der Waals surface area contributed by atoms with Crippen LogP contribution in [0.4, 0.5) is 0 Å². The van der Waals surface area contributed by atoms with Crippen molar-refractivity contribution in [3.63, 3.8) is 0 Å². The molecule has 120 valence electrons. The number of methoxy groups -OCH3 is 1. The average molecular weight is 304 g/mol. The summed E-state index contributed by atoms with van der Waals surface area (Å²) >= 11 is 0. The van der Waals surface area contributed by atoms with Crippen LogP contribution in [0.2, 0.25) is 0 Å². The molecule has 2 atom stereocenters. The summed E-state index contributed by atoms with van der Waals surface area (Å²) in [7, 11) is 3.35. The van der Waals surface area contributed by atoms with E-state index in [1.165, 1.54) is 6.42 Å². The summed E-state index contributed by atoms with van der Waals surface area (Å²) in [5.74, 6) is 2.15.